The fourth-order valence-corrected chi connectivity index (χ4v) is 3.35. The smallest absolute Gasteiger partial charge is 0.124 e. The minimum atomic E-state index is 0.405. The van der Waals surface area contributed by atoms with Crippen molar-refractivity contribution < 1.29 is 20.0 Å². The van der Waals surface area contributed by atoms with Crippen LogP contribution in [0.15, 0.2) is 48.5 Å². The highest BCUT2D eigenvalue weighted by molar-refractivity contribution is 5.31. The topological polar surface area (TPSA) is 49.3 Å². The number of hydrogen-bond donors (Lipinski definition) is 4. The van der Waals surface area contributed by atoms with Crippen LogP contribution in [0.4, 0.5) is 0 Å². The molecule has 0 amide bonds. The molecule has 4 heteroatoms. The summed E-state index contributed by atoms with van der Waals surface area (Å²) in [7, 11) is 4.38. The highest BCUT2D eigenvalue weighted by Crippen LogP contribution is 2.14. The quantitative estimate of drug-likeness (QED) is 0.459. The molecule has 0 saturated carbocycles. The maximum Gasteiger partial charge on any atom is 0.124 e. The molecule has 2 atom stereocenters. The van der Waals surface area contributed by atoms with E-state index in [-0.39, 0.29) is 0 Å². The van der Waals surface area contributed by atoms with Crippen LogP contribution in [0.2, 0.25) is 0 Å². The second-order valence-corrected chi connectivity index (χ2v) is 7.44. The van der Waals surface area contributed by atoms with E-state index in [1.807, 2.05) is 36.4 Å². The van der Waals surface area contributed by atoms with Gasteiger partial charge in [0, 0.05) is 11.1 Å². The van der Waals surface area contributed by atoms with Gasteiger partial charge in [-0.15, -0.1) is 0 Å². The molecule has 26 heavy (non-hydrogen) atoms. The van der Waals surface area contributed by atoms with Crippen LogP contribution in [0.3, 0.4) is 0 Å². The molecule has 0 spiro atoms. The first-order chi connectivity index (χ1) is 12.6. The van der Waals surface area contributed by atoms with Crippen molar-refractivity contribution in [1.29, 1.82) is 0 Å². The zero-order valence-electron chi connectivity index (χ0n) is 16.2. The molecule has 4 N–H and O–H groups in total. The molecule has 0 aliphatic rings. The van der Waals surface area contributed by atoms with Crippen LogP contribution in [-0.4, -0.2) is 37.4 Å². The van der Waals surface area contributed by atoms with Gasteiger partial charge in [-0.05, 0) is 49.9 Å². The van der Waals surface area contributed by atoms with Crippen molar-refractivity contribution in [2.24, 2.45) is 0 Å². The van der Waals surface area contributed by atoms with E-state index in [0.717, 1.165) is 37.3 Å². The number of unbranched alkanes of at least 4 members (excludes halogenated alkanes) is 3. The van der Waals surface area contributed by atoms with Crippen molar-refractivity contribution in [2.75, 3.05) is 27.2 Å². The maximum absolute atomic E-state index is 9.84. The number of para-hydroxylation sites is 2. The summed E-state index contributed by atoms with van der Waals surface area (Å²) in [5, 5.41) is 19.7. The number of phenolic OH excluding ortho intramolecular Hbond substituents is 2. The Morgan fingerprint density at radius 1 is 0.615 bits per heavy atom. The molecule has 0 aliphatic heterocycles. The third kappa shape index (κ3) is 7.06. The van der Waals surface area contributed by atoms with Crippen molar-refractivity contribution in [3.63, 3.8) is 0 Å². The Balaban J connectivity index is 1.55. The van der Waals surface area contributed by atoms with Crippen molar-refractivity contribution in [1.82, 2.24) is 0 Å². The first-order valence-corrected chi connectivity index (χ1v) is 9.72. The monoisotopic (exact) mass is 358 g/mol. The average molecular weight is 359 g/mol. The molecule has 2 aromatic carbocycles. The number of hydrogen-bond acceptors (Lipinski definition) is 2. The summed E-state index contributed by atoms with van der Waals surface area (Å²) in [6, 6.07) is 15.2. The van der Waals surface area contributed by atoms with E-state index >= 15 is 0 Å². The Kier molecular flexibility index (Phi) is 8.45. The van der Waals surface area contributed by atoms with Gasteiger partial charge in [-0.2, -0.15) is 0 Å². The van der Waals surface area contributed by atoms with E-state index in [9.17, 15) is 10.2 Å². The van der Waals surface area contributed by atoms with E-state index in [0.29, 0.717) is 11.5 Å². The summed E-state index contributed by atoms with van der Waals surface area (Å²) in [5.74, 6) is 0.810. The first-order valence-electron chi connectivity index (χ1n) is 9.72. The molecule has 2 unspecified atom stereocenters. The molecule has 2 aromatic rings. The second-order valence-electron chi connectivity index (χ2n) is 7.44. The van der Waals surface area contributed by atoms with E-state index in [1.54, 1.807) is 12.1 Å². The van der Waals surface area contributed by atoms with Gasteiger partial charge in [0.15, 0.2) is 0 Å². The van der Waals surface area contributed by atoms with Gasteiger partial charge in [-0.3, -0.25) is 0 Å². The third-order valence-corrected chi connectivity index (χ3v) is 4.92. The largest absolute Gasteiger partial charge is 0.507 e. The molecule has 142 valence electrons. The van der Waals surface area contributed by atoms with Gasteiger partial charge in [0.05, 0.1) is 27.2 Å². The summed E-state index contributed by atoms with van der Waals surface area (Å²) in [5.41, 5.74) is 2.05. The molecular weight excluding hydrogens is 324 g/mol. The minimum absolute atomic E-state index is 0.405. The summed E-state index contributed by atoms with van der Waals surface area (Å²) < 4.78 is 0. The lowest BCUT2D eigenvalue weighted by atomic mass is 10.1. The standard InChI is InChI=1S/C22H32N2O2/c1-23(17-19-11-5-7-13-21(19)25)15-9-3-4-10-16-24(2)18-20-12-6-8-14-22(20)26/h5-8,11-14,25-26H,3-4,9-10,15-18H2,1-2H3/p+2. The van der Waals surface area contributed by atoms with Crippen LogP contribution in [0.1, 0.15) is 36.8 Å². The van der Waals surface area contributed by atoms with Gasteiger partial charge in [-0.1, -0.05) is 24.3 Å². The normalized spacial score (nSPS) is 13.5. The summed E-state index contributed by atoms with van der Waals surface area (Å²) in [6.45, 7) is 4.02. The van der Waals surface area contributed by atoms with Crippen LogP contribution in [-0.2, 0) is 13.1 Å². The number of quaternary nitrogens is 2. The minimum Gasteiger partial charge on any atom is -0.507 e. The van der Waals surface area contributed by atoms with Crippen LogP contribution < -0.4 is 9.80 Å². The summed E-state index contributed by atoms with van der Waals surface area (Å²) >= 11 is 0. The SMILES string of the molecule is C[NH+](CCCCCC[NH+](C)Cc1ccccc1O)Cc1ccccc1O. The molecule has 0 radical (unpaired) electrons. The predicted octanol–water partition coefficient (Wildman–Crippen LogP) is 1.39. The van der Waals surface area contributed by atoms with Crippen molar-refractivity contribution >= 4 is 0 Å². The van der Waals surface area contributed by atoms with Crippen LogP contribution in [0.25, 0.3) is 0 Å². The average Bonchev–Trinajstić information content (AvgIpc) is 2.62. The zero-order chi connectivity index (χ0) is 18.8. The fourth-order valence-electron chi connectivity index (χ4n) is 3.35. The van der Waals surface area contributed by atoms with Crippen molar-refractivity contribution in [3.8, 4) is 11.5 Å². The van der Waals surface area contributed by atoms with Gasteiger partial charge in [-0.25, -0.2) is 0 Å². The predicted molar refractivity (Wildman–Crippen MR) is 106 cm³/mol. The Bertz CT molecular complexity index is 603. The molecular formula is C22H34N2O2+2. The molecule has 0 heterocycles. The number of rotatable bonds is 11. The molecule has 4 nitrogen and oxygen atoms in total. The zero-order valence-corrected chi connectivity index (χ0v) is 16.2. The number of benzene rings is 2. The van der Waals surface area contributed by atoms with E-state index in [2.05, 4.69) is 14.1 Å². The van der Waals surface area contributed by atoms with Crippen molar-refractivity contribution in [2.45, 2.75) is 38.8 Å². The van der Waals surface area contributed by atoms with Crippen molar-refractivity contribution in [3.05, 3.63) is 59.7 Å². The van der Waals surface area contributed by atoms with Gasteiger partial charge >= 0.3 is 0 Å². The molecule has 0 bridgehead atoms. The summed E-state index contributed by atoms with van der Waals surface area (Å²) in [6.07, 6.45) is 4.94. The molecule has 2 rings (SSSR count). The summed E-state index contributed by atoms with van der Waals surface area (Å²) in [4.78, 5) is 2.88. The van der Waals surface area contributed by atoms with Gasteiger partial charge in [0.2, 0.25) is 0 Å². The molecule has 0 aliphatic carbocycles. The lowest BCUT2D eigenvalue weighted by Crippen LogP contribution is -3.07. The second kappa shape index (κ2) is 10.8. The van der Waals surface area contributed by atoms with Gasteiger partial charge < -0.3 is 20.0 Å². The van der Waals surface area contributed by atoms with E-state index < -0.39 is 0 Å². The third-order valence-electron chi connectivity index (χ3n) is 4.92. The number of aromatic hydroxyl groups is 2. The molecule has 0 fully saturated rings. The van der Waals surface area contributed by atoms with E-state index in [1.165, 1.54) is 35.5 Å². The highest BCUT2D eigenvalue weighted by atomic mass is 16.3. The Labute approximate surface area is 157 Å². The lowest BCUT2D eigenvalue weighted by Gasteiger charge is -2.16. The highest BCUT2D eigenvalue weighted by Gasteiger charge is 2.09. The van der Waals surface area contributed by atoms with Crippen LogP contribution in [0, 0.1) is 0 Å². The molecule has 0 saturated heterocycles. The van der Waals surface area contributed by atoms with Gasteiger partial charge in [0.25, 0.3) is 0 Å². The van der Waals surface area contributed by atoms with E-state index in [4.69, 9.17) is 0 Å². The molecule has 0 aromatic heterocycles. The van der Waals surface area contributed by atoms with Gasteiger partial charge in [0.1, 0.15) is 24.6 Å². The first kappa shape index (κ1) is 20.3. The Morgan fingerprint density at radius 3 is 1.38 bits per heavy atom. The number of nitrogens with one attached hydrogen (secondary N) is 2. The lowest BCUT2D eigenvalue weighted by molar-refractivity contribution is -0.894. The van der Waals surface area contributed by atoms with Crippen LogP contribution >= 0.6 is 0 Å². The Morgan fingerprint density at radius 2 is 1.00 bits per heavy atom. The Hall–Kier alpha value is -2.04. The fraction of sp³-hybridized carbons (Fsp3) is 0.455. The maximum atomic E-state index is 9.84. The van der Waals surface area contributed by atoms with Crippen LogP contribution in [0.5, 0.6) is 11.5 Å². The number of phenols is 2.